The Labute approximate surface area is 186 Å². The van der Waals surface area contributed by atoms with Crippen molar-refractivity contribution in [2.24, 2.45) is 23.2 Å². The second-order valence-corrected chi connectivity index (χ2v) is 11.1. The molecule has 1 spiro atoms. The van der Waals surface area contributed by atoms with Gasteiger partial charge in [0.25, 0.3) is 0 Å². The number of benzene rings is 1. The maximum absolute atomic E-state index is 13.0. The lowest BCUT2D eigenvalue weighted by atomic mass is 9.53. The second-order valence-electron chi connectivity index (χ2n) is 11.1. The van der Waals surface area contributed by atoms with Crippen molar-refractivity contribution in [2.75, 3.05) is 32.7 Å². The van der Waals surface area contributed by atoms with E-state index in [1.807, 2.05) is 0 Å². The number of rotatable bonds is 4. The van der Waals surface area contributed by atoms with Crippen molar-refractivity contribution in [3.05, 3.63) is 35.9 Å². The summed E-state index contributed by atoms with van der Waals surface area (Å²) in [5.41, 5.74) is 1.56. The first-order valence-electron chi connectivity index (χ1n) is 12.4. The van der Waals surface area contributed by atoms with Gasteiger partial charge < -0.3 is 9.47 Å². The van der Waals surface area contributed by atoms with Crippen LogP contribution in [0.2, 0.25) is 0 Å². The van der Waals surface area contributed by atoms with Crippen molar-refractivity contribution in [3.8, 4) is 0 Å². The van der Waals surface area contributed by atoms with E-state index in [9.17, 15) is 4.79 Å². The van der Waals surface area contributed by atoms with E-state index < -0.39 is 0 Å². The van der Waals surface area contributed by atoms with E-state index in [1.165, 1.54) is 24.8 Å². The summed E-state index contributed by atoms with van der Waals surface area (Å²) in [6.07, 6.45) is 5.02. The zero-order valence-corrected chi connectivity index (χ0v) is 19.0. The third kappa shape index (κ3) is 3.11. The molecule has 2 aliphatic carbocycles. The van der Waals surface area contributed by atoms with Gasteiger partial charge in [-0.15, -0.1) is 0 Å². The van der Waals surface area contributed by atoms with Crippen molar-refractivity contribution in [1.29, 1.82) is 0 Å². The molecule has 168 valence electrons. The molecule has 2 saturated carbocycles. The summed E-state index contributed by atoms with van der Waals surface area (Å²) >= 11 is 0. The summed E-state index contributed by atoms with van der Waals surface area (Å²) in [7, 11) is 0. The number of hydrogen-bond acceptors (Lipinski definition) is 5. The molecule has 31 heavy (non-hydrogen) atoms. The zero-order chi connectivity index (χ0) is 21.2. The standard InChI is InChI=1S/C26H36N2O3/c1-18-7-6-10-25(2)15-21-22(23-26(18,25)31-23)20(24(29)30-21)17-28-13-11-27(12-14-28)16-19-8-4-3-5-9-19/h3-5,8-9,18,20-23H,6-7,10-17H2,1-2H3/t18-,20+,21-,22-,23+,25-,26+/m1/s1. The number of esters is 1. The molecular formula is C26H36N2O3. The van der Waals surface area contributed by atoms with Gasteiger partial charge in [-0.3, -0.25) is 14.6 Å². The molecule has 0 unspecified atom stereocenters. The zero-order valence-electron chi connectivity index (χ0n) is 19.0. The van der Waals surface area contributed by atoms with Gasteiger partial charge in [-0.1, -0.05) is 50.6 Å². The van der Waals surface area contributed by atoms with Gasteiger partial charge in [0.15, 0.2) is 0 Å². The highest BCUT2D eigenvalue weighted by Crippen LogP contribution is 2.70. The molecule has 3 heterocycles. The van der Waals surface area contributed by atoms with E-state index >= 15 is 0 Å². The molecule has 0 amide bonds. The highest BCUT2D eigenvalue weighted by Gasteiger charge is 2.78. The largest absolute Gasteiger partial charge is 0.462 e. The quantitative estimate of drug-likeness (QED) is 0.548. The number of ether oxygens (including phenoxy) is 2. The number of fused-ring (bicyclic) bond motifs is 2. The number of nitrogens with zero attached hydrogens (tertiary/aromatic N) is 2. The lowest BCUT2D eigenvalue weighted by Gasteiger charge is -2.49. The third-order valence-corrected chi connectivity index (χ3v) is 9.36. The predicted octanol–water partition coefficient (Wildman–Crippen LogP) is 3.33. The van der Waals surface area contributed by atoms with Gasteiger partial charge in [-0.2, -0.15) is 0 Å². The minimum absolute atomic E-state index is 0.00697. The Morgan fingerprint density at radius 2 is 1.84 bits per heavy atom. The average molecular weight is 425 g/mol. The van der Waals surface area contributed by atoms with Crippen LogP contribution in [0.5, 0.6) is 0 Å². The van der Waals surface area contributed by atoms with E-state index in [0.717, 1.165) is 45.7 Å². The molecule has 5 fully saturated rings. The SMILES string of the molecule is C[C@@H]1CCC[C@]2(C)C[C@H]3OC(=O)[C@@H](CN4CCN(Cc5ccccc5)CC4)[C@H]3[C@@H]3O[C@@]132. The molecule has 0 N–H and O–H groups in total. The number of epoxide rings is 1. The molecule has 5 heteroatoms. The number of hydrogen-bond donors (Lipinski definition) is 0. The molecule has 1 aromatic carbocycles. The first-order chi connectivity index (χ1) is 15.0. The van der Waals surface area contributed by atoms with Gasteiger partial charge in [0, 0.05) is 50.6 Å². The summed E-state index contributed by atoms with van der Waals surface area (Å²) in [6.45, 7) is 10.8. The van der Waals surface area contributed by atoms with Crippen LogP contribution in [0, 0.1) is 23.2 Å². The molecule has 3 aliphatic heterocycles. The van der Waals surface area contributed by atoms with E-state index in [2.05, 4.69) is 54.0 Å². The lowest BCUT2D eigenvalue weighted by Crippen LogP contribution is -2.55. The highest BCUT2D eigenvalue weighted by molar-refractivity contribution is 5.76. The smallest absolute Gasteiger partial charge is 0.311 e. The maximum atomic E-state index is 13.0. The summed E-state index contributed by atoms with van der Waals surface area (Å²) in [5, 5.41) is 0. The summed E-state index contributed by atoms with van der Waals surface area (Å²) in [4.78, 5) is 18.0. The topological polar surface area (TPSA) is 45.3 Å². The molecule has 3 saturated heterocycles. The minimum atomic E-state index is -0.0197. The molecule has 0 radical (unpaired) electrons. The fourth-order valence-electron chi connectivity index (χ4n) is 7.69. The van der Waals surface area contributed by atoms with Gasteiger partial charge in [-0.05, 0) is 30.7 Å². The van der Waals surface area contributed by atoms with Gasteiger partial charge in [0.2, 0.25) is 0 Å². The normalized spacial score (nSPS) is 44.8. The van der Waals surface area contributed by atoms with E-state index in [4.69, 9.17) is 9.47 Å². The Hall–Kier alpha value is -1.43. The molecule has 1 aromatic rings. The summed E-state index contributed by atoms with van der Waals surface area (Å²) in [5.74, 6) is 0.856. The average Bonchev–Trinajstić information content (AvgIpc) is 3.45. The van der Waals surface area contributed by atoms with Gasteiger partial charge in [0.05, 0.1) is 12.0 Å². The lowest BCUT2D eigenvalue weighted by molar-refractivity contribution is -0.146. The fourth-order valence-corrected chi connectivity index (χ4v) is 7.69. The minimum Gasteiger partial charge on any atom is -0.462 e. The number of carbonyl (C=O) groups excluding carboxylic acids is 1. The Morgan fingerprint density at radius 1 is 1.10 bits per heavy atom. The maximum Gasteiger partial charge on any atom is 0.311 e. The Balaban J connectivity index is 1.11. The summed E-state index contributed by atoms with van der Waals surface area (Å²) in [6, 6.07) is 10.7. The van der Waals surface area contributed by atoms with Gasteiger partial charge in [-0.25, -0.2) is 0 Å². The van der Waals surface area contributed by atoms with Crippen LogP contribution >= 0.6 is 0 Å². The fraction of sp³-hybridized carbons (Fsp3) is 0.731. The van der Waals surface area contributed by atoms with Crippen molar-refractivity contribution in [1.82, 2.24) is 9.80 Å². The number of piperazine rings is 1. The summed E-state index contributed by atoms with van der Waals surface area (Å²) < 4.78 is 12.6. The molecule has 7 atom stereocenters. The molecule has 0 bridgehead atoms. The second kappa shape index (κ2) is 7.29. The monoisotopic (exact) mass is 424 g/mol. The van der Waals surface area contributed by atoms with E-state index in [0.29, 0.717) is 5.92 Å². The highest BCUT2D eigenvalue weighted by atomic mass is 16.6. The number of carbonyl (C=O) groups is 1. The van der Waals surface area contributed by atoms with Crippen LogP contribution in [-0.2, 0) is 20.8 Å². The molecular weight excluding hydrogens is 388 g/mol. The van der Waals surface area contributed by atoms with Crippen LogP contribution in [0.4, 0.5) is 0 Å². The van der Waals surface area contributed by atoms with Crippen LogP contribution in [0.1, 0.15) is 45.1 Å². The van der Waals surface area contributed by atoms with Crippen molar-refractivity contribution in [3.63, 3.8) is 0 Å². The molecule has 6 rings (SSSR count). The third-order valence-electron chi connectivity index (χ3n) is 9.36. The van der Waals surface area contributed by atoms with Crippen LogP contribution in [0.15, 0.2) is 30.3 Å². The van der Waals surface area contributed by atoms with Crippen LogP contribution < -0.4 is 0 Å². The first-order valence-corrected chi connectivity index (χ1v) is 12.4. The Kier molecular flexibility index (Phi) is 4.75. The van der Waals surface area contributed by atoms with Crippen LogP contribution in [0.3, 0.4) is 0 Å². The first kappa shape index (κ1) is 20.2. The Morgan fingerprint density at radius 3 is 2.61 bits per heavy atom. The van der Waals surface area contributed by atoms with Crippen molar-refractivity contribution >= 4 is 5.97 Å². The van der Waals surface area contributed by atoms with E-state index in [-0.39, 0.29) is 41.0 Å². The van der Waals surface area contributed by atoms with Gasteiger partial charge >= 0.3 is 5.97 Å². The van der Waals surface area contributed by atoms with Crippen molar-refractivity contribution < 1.29 is 14.3 Å². The predicted molar refractivity (Wildman–Crippen MR) is 118 cm³/mol. The Bertz CT molecular complexity index is 838. The van der Waals surface area contributed by atoms with Gasteiger partial charge in [0.1, 0.15) is 11.7 Å². The molecule has 5 nitrogen and oxygen atoms in total. The molecule has 0 aromatic heterocycles. The molecule has 5 aliphatic rings. The van der Waals surface area contributed by atoms with Crippen LogP contribution in [-0.4, -0.2) is 66.3 Å². The van der Waals surface area contributed by atoms with E-state index in [1.54, 1.807) is 0 Å². The van der Waals surface area contributed by atoms with Crippen LogP contribution in [0.25, 0.3) is 0 Å². The van der Waals surface area contributed by atoms with Crippen molar-refractivity contribution in [2.45, 2.75) is 63.9 Å².